The minimum atomic E-state index is -0.589. The molecule has 8 heteroatoms. The number of benzene rings is 4. The number of imide groups is 1. The van der Waals surface area contributed by atoms with Gasteiger partial charge in [-0.1, -0.05) is 72.8 Å². The Morgan fingerprint density at radius 2 is 1.54 bits per heavy atom. The van der Waals surface area contributed by atoms with E-state index in [1.807, 2.05) is 36.4 Å². The van der Waals surface area contributed by atoms with Crippen LogP contribution >= 0.6 is 11.8 Å². The van der Waals surface area contributed by atoms with E-state index in [1.54, 1.807) is 60.7 Å². The Kier molecular flexibility index (Phi) is 6.83. The number of rotatable bonds is 6. The minimum absolute atomic E-state index is 0.131. The van der Waals surface area contributed by atoms with Gasteiger partial charge in [0.15, 0.2) is 0 Å². The lowest BCUT2D eigenvalue weighted by Gasteiger charge is -2.12. The molecule has 0 bridgehead atoms. The molecule has 1 heterocycles. The van der Waals surface area contributed by atoms with Crippen LogP contribution in [0.25, 0.3) is 16.8 Å². The Hall–Kier alpha value is -4.69. The normalized spacial score (nSPS) is 14.3. The highest BCUT2D eigenvalue weighted by atomic mass is 32.2. The number of nitrogens with zero attached hydrogens (tertiary/aromatic N) is 1. The molecule has 0 radical (unpaired) electrons. The number of hydrogen-bond donors (Lipinski definition) is 1. The molecule has 0 saturated carbocycles. The van der Waals surface area contributed by atoms with Crippen LogP contribution in [0.5, 0.6) is 5.75 Å². The van der Waals surface area contributed by atoms with Crippen molar-refractivity contribution >= 4 is 57.3 Å². The number of ether oxygens (including phenoxy) is 1. The van der Waals surface area contributed by atoms with Crippen molar-refractivity contribution in [3.05, 3.63) is 113 Å². The second kappa shape index (κ2) is 10.5. The third-order valence-electron chi connectivity index (χ3n) is 5.65. The van der Waals surface area contributed by atoms with E-state index in [2.05, 4.69) is 5.32 Å². The highest BCUT2D eigenvalue weighted by Crippen LogP contribution is 2.34. The Bertz CT molecular complexity index is 1560. The third-order valence-corrected chi connectivity index (χ3v) is 6.56. The third kappa shape index (κ3) is 5.29. The fraction of sp³-hybridized carbons (Fsp3) is 0.0345. The standard InChI is InChI=1S/C29H20N2O5S/c32-26(30-21-12-2-1-3-13-21)18-31-27(33)25(37-29(31)35)17-20-10-5-7-16-24(20)36-28(34)23-15-8-11-19-9-4-6-14-22(19)23/h1-17H,18H2,(H,30,32)/b25-17-. The summed E-state index contributed by atoms with van der Waals surface area (Å²) in [5, 5.41) is 3.79. The lowest BCUT2D eigenvalue weighted by molar-refractivity contribution is -0.127. The molecule has 4 aromatic carbocycles. The predicted octanol–water partition coefficient (Wildman–Crippen LogP) is 5.73. The van der Waals surface area contributed by atoms with E-state index in [0.717, 1.165) is 27.4 Å². The van der Waals surface area contributed by atoms with Crippen molar-refractivity contribution in [3.63, 3.8) is 0 Å². The van der Waals surface area contributed by atoms with Gasteiger partial charge >= 0.3 is 5.97 Å². The number of fused-ring (bicyclic) bond motifs is 1. The molecule has 0 aliphatic carbocycles. The van der Waals surface area contributed by atoms with Crippen molar-refractivity contribution in [2.45, 2.75) is 0 Å². The number of thioether (sulfide) groups is 1. The number of carbonyl (C=O) groups is 4. The molecule has 182 valence electrons. The molecule has 0 unspecified atom stereocenters. The molecule has 5 rings (SSSR count). The molecule has 7 nitrogen and oxygen atoms in total. The van der Waals surface area contributed by atoms with E-state index >= 15 is 0 Å². The summed E-state index contributed by atoms with van der Waals surface area (Å²) < 4.78 is 5.70. The molecule has 1 fully saturated rings. The van der Waals surface area contributed by atoms with E-state index in [0.29, 0.717) is 16.8 Å². The lowest BCUT2D eigenvalue weighted by Crippen LogP contribution is -2.36. The van der Waals surface area contributed by atoms with E-state index in [9.17, 15) is 19.2 Å². The molecule has 0 atom stereocenters. The molecule has 1 aliphatic rings. The van der Waals surface area contributed by atoms with Gasteiger partial charge in [0.1, 0.15) is 12.3 Å². The topological polar surface area (TPSA) is 92.8 Å². The number of para-hydroxylation sites is 2. The number of amides is 3. The average Bonchev–Trinajstić information content (AvgIpc) is 3.17. The quantitative estimate of drug-likeness (QED) is 0.203. The molecular formula is C29H20N2O5S. The summed E-state index contributed by atoms with van der Waals surface area (Å²) in [7, 11) is 0. The summed E-state index contributed by atoms with van der Waals surface area (Å²) in [5.41, 5.74) is 1.44. The molecule has 1 aliphatic heterocycles. The molecule has 37 heavy (non-hydrogen) atoms. The van der Waals surface area contributed by atoms with Gasteiger partial charge in [-0.3, -0.25) is 19.3 Å². The second-order valence-corrected chi connectivity index (χ2v) is 9.13. The summed E-state index contributed by atoms with van der Waals surface area (Å²) in [5.74, 6) is -1.37. The van der Waals surface area contributed by atoms with E-state index in [1.165, 1.54) is 6.08 Å². The predicted molar refractivity (Wildman–Crippen MR) is 143 cm³/mol. The van der Waals surface area contributed by atoms with Gasteiger partial charge in [-0.2, -0.15) is 0 Å². The van der Waals surface area contributed by atoms with Gasteiger partial charge in [0, 0.05) is 11.3 Å². The molecule has 0 spiro atoms. The maximum absolute atomic E-state index is 13.0. The average molecular weight is 509 g/mol. The van der Waals surface area contributed by atoms with Gasteiger partial charge < -0.3 is 10.1 Å². The SMILES string of the molecule is O=C(CN1C(=O)S/C(=C\c2ccccc2OC(=O)c2cccc3ccccc23)C1=O)Nc1ccccc1. The molecule has 1 N–H and O–H groups in total. The van der Waals surface area contributed by atoms with Crippen LogP contribution in [-0.2, 0) is 9.59 Å². The fourth-order valence-corrected chi connectivity index (χ4v) is 4.72. The number of hydrogen-bond acceptors (Lipinski definition) is 6. The summed E-state index contributed by atoms with van der Waals surface area (Å²) in [6.45, 7) is -0.408. The first-order chi connectivity index (χ1) is 18.0. The van der Waals surface area contributed by atoms with Crippen LogP contribution in [0.3, 0.4) is 0 Å². The van der Waals surface area contributed by atoms with Crippen LogP contribution in [-0.4, -0.2) is 34.5 Å². The Morgan fingerprint density at radius 1 is 0.838 bits per heavy atom. The summed E-state index contributed by atoms with van der Waals surface area (Å²) in [6, 6.07) is 28.4. The van der Waals surface area contributed by atoms with Crippen molar-refractivity contribution in [1.82, 2.24) is 4.90 Å². The highest BCUT2D eigenvalue weighted by Gasteiger charge is 2.36. The first-order valence-electron chi connectivity index (χ1n) is 11.4. The van der Waals surface area contributed by atoms with Crippen LogP contribution in [0.15, 0.2) is 102 Å². The van der Waals surface area contributed by atoms with Crippen LogP contribution in [0.2, 0.25) is 0 Å². The van der Waals surface area contributed by atoms with Crippen LogP contribution in [0.4, 0.5) is 10.5 Å². The van der Waals surface area contributed by atoms with Crippen molar-refractivity contribution in [2.75, 3.05) is 11.9 Å². The zero-order chi connectivity index (χ0) is 25.8. The maximum atomic E-state index is 13.0. The Labute approximate surface area is 216 Å². The van der Waals surface area contributed by atoms with Gasteiger partial charge in [0.25, 0.3) is 11.1 Å². The zero-order valence-corrected chi connectivity index (χ0v) is 20.2. The van der Waals surface area contributed by atoms with Crippen LogP contribution < -0.4 is 10.1 Å². The maximum Gasteiger partial charge on any atom is 0.344 e. The van der Waals surface area contributed by atoms with E-state index in [-0.39, 0.29) is 10.7 Å². The van der Waals surface area contributed by atoms with Gasteiger partial charge in [-0.05, 0) is 52.9 Å². The smallest absolute Gasteiger partial charge is 0.344 e. The monoisotopic (exact) mass is 508 g/mol. The van der Waals surface area contributed by atoms with Crippen LogP contribution in [0.1, 0.15) is 15.9 Å². The first-order valence-corrected chi connectivity index (χ1v) is 12.2. The first kappa shape index (κ1) is 24.0. The summed E-state index contributed by atoms with van der Waals surface area (Å²) >= 11 is 0.729. The highest BCUT2D eigenvalue weighted by molar-refractivity contribution is 8.18. The molecule has 1 saturated heterocycles. The second-order valence-electron chi connectivity index (χ2n) is 8.14. The van der Waals surface area contributed by atoms with Crippen molar-refractivity contribution in [3.8, 4) is 5.75 Å². The molecule has 3 amide bonds. The van der Waals surface area contributed by atoms with Crippen molar-refractivity contribution < 1.29 is 23.9 Å². The summed E-state index contributed by atoms with van der Waals surface area (Å²) in [4.78, 5) is 51.9. The lowest BCUT2D eigenvalue weighted by atomic mass is 10.0. The molecular weight excluding hydrogens is 488 g/mol. The largest absolute Gasteiger partial charge is 0.422 e. The van der Waals surface area contributed by atoms with Crippen molar-refractivity contribution in [2.24, 2.45) is 0 Å². The zero-order valence-electron chi connectivity index (χ0n) is 19.4. The minimum Gasteiger partial charge on any atom is -0.422 e. The number of carbonyl (C=O) groups excluding carboxylic acids is 4. The fourth-order valence-electron chi connectivity index (χ4n) is 3.89. The van der Waals surface area contributed by atoms with Crippen LogP contribution in [0, 0.1) is 0 Å². The molecule has 4 aromatic rings. The summed E-state index contributed by atoms with van der Waals surface area (Å²) in [6.07, 6.45) is 1.49. The molecule has 0 aromatic heterocycles. The van der Waals surface area contributed by atoms with Gasteiger partial charge in [-0.25, -0.2) is 4.79 Å². The van der Waals surface area contributed by atoms with E-state index < -0.39 is 29.6 Å². The van der Waals surface area contributed by atoms with Gasteiger partial charge in [-0.15, -0.1) is 0 Å². The van der Waals surface area contributed by atoms with E-state index in [4.69, 9.17) is 4.74 Å². The Morgan fingerprint density at radius 3 is 2.38 bits per heavy atom. The number of esters is 1. The van der Waals surface area contributed by atoms with Crippen molar-refractivity contribution in [1.29, 1.82) is 0 Å². The van der Waals surface area contributed by atoms with Gasteiger partial charge in [0.2, 0.25) is 5.91 Å². The number of nitrogens with one attached hydrogen (secondary N) is 1. The van der Waals surface area contributed by atoms with Gasteiger partial charge in [0.05, 0.1) is 10.5 Å². The number of anilines is 1. The Balaban J connectivity index is 1.34.